The van der Waals surface area contributed by atoms with Gasteiger partial charge in [-0.15, -0.1) is 11.3 Å². The predicted molar refractivity (Wildman–Crippen MR) is 132 cm³/mol. The highest BCUT2D eigenvalue weighted by atomic mass is 35.5. The van der Waals surface area contributed by atoms with Gasteiger partial charge in [0.05, 0.1) is 17.6 Å². The van der Waals surface area contributed by atoms with Gasteiger partial charge in [0, 0.05) is 33.6 Å². The fourth-order valence-corrected chi connectivity index (χ4v) is 6.05. The normalized spacial score (nSPS) is 12.4. The lowest BCUT2D eigenvalue weighted by Crippen LogP contribution is -2.26. The van der Waals surface area contributed by atoms with Crippen molar-refractivity contribution in [1.29, 1.82) is 0 Å². The molecule has 4 rings (SSSR count). The number of nitrogens with zero attached hydrogens (tertiary/aromatic N) is 2. The molecule has 0 atom stereocenters. The number of benzene rings is 2. The number of aryl methyl sites for hydroxylation is 1. The summed E-state index contributed by atoms with van der Waals surface area (Å²) in [6, 6.07) is 17.4. The molecular formula is C24H25ClN2O2S2. The molecule has 0 amide bonds. The molecule has 7 heteroatoms. The second-order valence-electron chi connectivity index (χ2n) is 8.17. The van der Waals surface area contributed by atoms with Crippen LogP contribution in [-0.4, -0.2) is 19.2 Å². The van der Waals surface area contributed by atoms with Gasteiger partial charge in [0.15, 0.2) is 0 Å². The highest BCUT2D eigenvalue weighted by Gasteiger charge is 2.29. The van der Waals surface area contributed by atoms with Gasteiger partial charge in [0.2, 0.25) is 10.0 Å². The van der Waals surface area contributed by atoms with Gasteiger partial charge in [-0.2, -0.15) is 0 Å². The van der Waals surface area contributed by atoms with Crippen molar-refractivity contribution >= 4 is 54.4 Å². The van der Waals surface area contributed by atoms with Crippen LogP contribution in [0.15, 0.2) is 66.2 Å². The third-order valence-electron chi connectivity index (χ3n) is 5.65. The third-order valence-corrected chi connectivity index (χ3v) is 7.85. The quantitative estimate of drug-likeness (QED) is 0.309. The van der Waals surface area contributed by atoms with E-state index in [1.165, 1.54) is 10.6 Å². The number of hydrogen-bond acceptors (Lipinski definition) is 3. The maximum atomic E-state index is 12.9. The van der Waals surface area contributed by atoms with Crippen molar-refractivity contribution < 1.29 is 8.42 Å². The molecule has 0 spiro atoms. The summed E-state index contributed by atoms with van der Waals surface area (Å²) in [5, 5.41) is 3.52. The van der Waals surface area contributed by atoms with Crippen LogP contribution in [0.3, 0.4) is 0 Å². The van der Waals surface area contributed by atoms with Crippen LogP contribution in [0.25, 0.3) is 10.1 Å². The van der Waals surface area contributed by atoms with E-state index in [-0.39, 0.29) is 5.41 Å². The number of hydrogen-bond donors (Lipinski definition) is 0. The second-order valence-corrected chi connectivity index (χ2v) is 11.4. The lowest BCUT2D eigenvalue weighted by Gasteiger charge is -2.30. The maximum absolute atomic E-state index is 12.9. The van der Waals surface area contributed by atoms with Gasteiger partial charge in [0.1, 0.15) is 0 Å². The van der Waals surface area contributed by atoms with E-state index in [0.29, 0.717) is 16.4 Å². The van der Waals surface area contributed by atoms with Crippen molar-refractivity contribution in [3.05, 3.63) is 82.5 Å². The molecule has 2 aromatic carbocycles. The van der Waals surface area contributed by atoms with Crippen LogP contribution in [0.5, 0.6) is 0 Å². The smallest absolute Gasteiger partial charge is 0.236 e. The Hall–Kier alpha value is -2.28. The number of rotatable bonds is 6. The number of sulfonamides is 1. The van der Waals surface area contributed by atoms with E-state index >= 15 is 0 Å². The molecule has 0 saturated carbocycles. The molecule has 0 aliphatic carbocycles. The van der Waals surface area contributed by atoms with Crippen molar-refractivity contribution in [1.82, 2.24) is 4.57 Å². The van der Waals surface area contributed by atoms with Gasteiger partial charge < -0.3 is 4.57 Å². The van der Waals surface area contributed by atoms with Gasteiger partial charge in [-0.3, -0.25) is 0 Å². The van der Waals surface area contributed by atoms with Crippen molar-refractivity contribution in [2.45, 2.75) is 32.7 Å². The fraction of sp³-hybridized carbons (Fsp3) is 0.250. The summed E-state index contributed by atoms with van der Waals surface area (Å²) < 4.78 is 30.5. The van der Waals surface area contributed by atoms with Crippen molar-refractivity contribution in [3.8, 4) is 0 Å². The highest BCUT2D eigenvalue weighted by Crippen LogP contribution is 2.39. The first kappa shape index (κ1) is 21.9. The Balaban J connectivity index is 1.88. The lowest BCUT2D eigenvalue weighted by atomic mass is 9.81. The van der Waals surface area contributed by atoms with Crippen LogP contribution in [0.4, 0.5) is 11.4 Å². The standard InChI is InChI=1S/C24H25ClN2O2S2/c1-5-26-11-6-7-23(26)24(2,3)18-14-19(25)16-21(15-18)27(31(4,28)29)20-8-9-22-17(13-20)10-12-30-22/h6-16H,5H2,1-4H3. The van der Waals surface area contributed by atoms with Crippen LogP contribution in [-0.2, 0) is 22.0 Å². The highest BCUT2D eigenvalue weighted by molar-refractivity contribution is 7.92. The minimum atomic E-state index is -3.60. The van der Waals surface area contributed by atoms with Crippen molar-refractivity contribution in [2.75, 3.05) is 10.6 Å². The first-order chi connectivity index (χ1) is 14.6. The zero-order valence-corrected chi connectivity index (χ0v) is 20.4. The number of halogens is 1. The van der Waals surface area contributed by atoms with Crippen LogP contribution < -0.4 is 4.31 Å². The molecule has 0 aliphatic heterocycles. The number of anilines is 2. The van der Waals surface area contributed by atoms with E-state index in [0.717, 1.165) is 27.9 Å². The Kier molecular flexibility index (Phi) is 5.66. The first-order valence-electron chi connectivity index (χ1n) is 10.1. The molecule has 4 aromatic rings. The zero-order valence-electron chi connectivity index (χ0n) is 18.0. The van der Waals surface area contributed by atoms with Gasteiger partial charge in [-0.1, -0.05) is 25.4 Å². The third kappa shape index (κ3) is 4.12. The minimum Gasteiger partial charge on any atom is -0.351 e. The van der Waals surface area contributed by atoms with Crippen LogP contribution in [0, 0.1) is 0 Å². The molecule has 0 fully saturated rings. The average molecular weight is 473 g/mol. The lowest BCUT2D eigenvalue weighted by molar-refractivity contribution is 0.562. The van der Waals surface area contributed by atoms with Crippen LogP contribution in [0.1, 0.15) is 32.0 Å². The summed E-state index contributed by atoms with van der Waals surface area (Å²) in [4.78, 5) is 0. The monoisotopic (exact) mass is 472 g/mol. The minimum absolute atomic E-state index is 0.361. The Morgan fingerprint density at radius 2 is 1.84 bits per heavy atom. The molecule has 31 heavy (non-hydrogen) atoms. The van der Waals surface area contributed by atoms with Crippen LogP contribution in [0.2, 0.25) is 5.02 Å². The molecule has 4 nitrogen and oxygen atoms in total. The Labute approximate surface area is 192 Å². The fourth-order valence-electron chi connectivity index (χ4n) is 4.07. The molecular weight excluding hydrogens is 448 g/mol. The Bertz CT molecular complexity index is 1350. The molecule has 2 heterocycles. The second kappa shape index (κ2) is 8.01. The molecule has 0 aliphatic rings. The molecule has 0 bridgehead atoms. The number of fused-ring (bicyclic) bond motifs is 1. The van der Waals surface area contributed by atoms with Crippen LogP contribution >= 0.6 is 22.9 Å². The van der Waals surface area contributed by atoms with Gasteiger partial charge >= 0.3 is 0 Å². The molecule has 0 N–H and O–H groups in total. The van der Waals surface area contributed by atoms with E-state index < -0.39 is 10.0 Å². The molecule has 2 aromatic heterocycles. The van der Waals surface area contributed by atoms with Gasteiger partial charge in [0.25, 0.3) is 0 Å². The van der Waals surface area contributed by atoms with E-state index in [1.54, 1.807) is 17.4 Å². The molecule has 162 valence electrons. The summed E-state index contributed by atoms with van der Waals surface area (Å²) in [5.74, 6) is 0. The van der Waals surface area contributed by atoms with Gasteiger partial charge in [-0.25, -0.2) is 12.7 Å². The van der Waals surface area contributed by atoms with E-state index in [4.69, 9.17) is 11.6 Å². The summed E-state index contributed by atoms with van der Waals surface area (Å²) in [5.41, 5.74) is 2.86. The summed E-state index contributed by atoms with van der Waals surface area (Å²) in [6.45, 7) is 7.22. The molecule has 0 saturated heterocycles. The topological polar surface area (TPSA) is 42.3 Å². The van der Waals surface area contributed by atoms with E-state index in [2.05, 4.69) is 37.6 Å². The summed E-state index contributed by atoms with van der Waals surface area (Å²) in [6.07, 6.45) is 3.28. The van der Waals surface area contributed by atoms with Crippen molar-refractivity contribution in [3.63, 3.8) is 0 Å². The SMILES string of the molecule is CCn1cccc1C(C)(C)c1cc(Cl)cc(N(c2ccc3sccc3c2)S(C)(=O)=O)c1. The molecule has 0 unspecified atom stereocenters. The predicted octanol–water partition coefficient (Wildman–Crippen LogP) is 6.80. The van der Waals surface area contributed by atoms with E-state index in [1.807, 2.05) is 47.8 Å². The number of thiophene rings is 1. The number of aromatic nitrogens is 1. The summed E-state index contributed by atoms with van der Waals surface area (Å²) >= 11 is 8.15. The first-order valence-corrected chi connectivity index (χ1v) is 13.2. The largest absolute Gasteiger partial charge is 0.351 e. The molecule has 0 radical (unpaired) electrons. The van der Waals surface area contributed by atoms with Gasteiger partial charge in [-0.05, 0) is 77.9 Å². The summed E-state index contributed by atoms with van der Waals surface area (Å²) in [7, 11) is -3.60. The zero-order chi connectivity index (χ0) is 22.4. The Morgan fingerprint density at radius 1 is 1.06 bits per heavy atom. The maximum Gasteiger partial charge on any atom is 0.236 e. The van der Waals surface area contributed by atoms with E-state index in [9.17, 15) is 8.42 Å². The van der Waals surface area contributed by atoms with Crippen molar-refractivity contribution in [2.24, 2.45) is 0 Å². The Morgan fingerprint density at radius 3 is 2.55 bits per heavy atom. The average Bonchev–Trinajstić information content (AvgIpc) is 3.35.